The SMILES string of the molecule is Cc1c(CN2CCn3nc(-c4ccc(F)cc4)nc3C2)cnn1Cc1ccccc1. The highest BCUT2D eigenvalue weighted by molar-refractivity contribution is 5.54. The van der Waals surface area contributed by atoms with Crippen LogP contribution in [0.2, 0.25) is 0 Å². The molecule has 0 saturated heterocycles. The van der Waals surface area contributed by atoms with E-state index in [9.17, 15) is 4.39 Å². The molecule has 0 unspecified atom stereocenters. The van der Waals surface area contributed by atoms with Crippen molar-refractivity contribution in [2.75, 3.05) is 6.54 Å². The van der Waals surface area contributed by atoms with Crippen molar-refractivity contribution < 1.29 is 4.39 Å². The number of nitrogens with zero attached hydrogens (tertiary/aromatic N) is 6. The van der Waals surface area contributed by atoms with E-state index in [0.717, 1.165) is 44.1 Å². The van der Waals surface area contributed by atoms with Crippen LogP contribution in [0.15, 0.2) is 60.8 Å². The van der Waals surface area contributed by atoms with Gasteiger partial charge in [0, 0.05) is 29.9 Å². The Kier molecular flexibility index (Phi) is 4.88. The van der Waals surface area contributed by atoms with Gasteiger partial charge in [-0.1, -0.05) is 30.3 Å². The molecule has 152 valence electrons. The summed E-state index contributed by atoms with van der Waals surface area (Å²) in [5.41, 5.74) is 4.51. The lowest BCUT2D eigenvalue weighted by molar-refractivity contribution is 0.201. The molecule has 0 aliphatic carbocycles. The van der Waals surface area contributed by atoms with E-state index in [0.29, 0.717) is 5.82 Å². The maximum atomic E-state index is 13.2. The number of hydrogen-bond acceptors (Lipinski definition) is 4. The fourth-order valence-corrected chi connectivity index (χ4v) is 3.84. The van der Waals surface area contributed by atoms with Crippen molar-refractivity contribution >= 4 is 0 Å². The molecule has 0 amide bonds. The molecule has 2 aromatic heterocycles. The molecular weight excluding hydrogens is 379 g/mol. The minimum Gasteiger partial charge on any atom is -0.290 e. The van der Waals surface area contributed by atoms with Crippen LogP contribution in [0.5, 0.6) is 0 Å². The van der Waals surface area contributed by atoms with Gasteiger partial charge in [-0.05, 0) is 36.8 Å². The number of hydrogen-bond donors (Lipinski definition) is 0. The van der Waals surface area contributed by atoms with Gasteiger partial charge in [0.25, 0.3) is 0 Å². The Hall–Kier alpha value is -3.32. The van der Waals surface area contributed by atoms with Gasteiger partial charge in [-0.25, -0.2) is 14.1 Å². The average molecular weight is 402 g/mol. The lowest BCUT2D eigenvalue weighted by Gasteiger charge is -2.26. The lowest BCUT2D eigenvalue weighted by Crippen LogP contribution is -2.33. The van der Waals surface area contributed by atoms with E-state index in [1.165, 1.54) is 29.0 Å². The molecule has 0 N–H and O–H groups in total. The van der Waals surface area contributed by atoms with Crippen LogP contribution >= 0.6 is 0 Å². The van der Waals surface area contributed by atoms with Crippen molar-refractivity contribution in [2.24, 2.45) is 0 Å². The summed E-state index contributed by atoms with van der Waals surface area (Å²) in [6, 6.07) is 16.7. The summed E-state index contributed by atoms with van der Waals surface area (Å²) in [5, 5.41) is 9.20. The quantitative estimate of drug-likeness (QED) is 0.511. The third-order valence-electron chi connectivity index (χ3n) is 5.62. The molecule has 1 aliphatic rings. The second kappa shape index (κ2) is 7.84. The Bertz CT molecular complexity index is 1150. The molecule has 5 rings (SSSR count). The van der Waals surface area contributed by atoms with E-state index in [4.69, 9.17) is 4.98 Å². The summed E-state index contributed by atoms with van der Waals surface area (Å²) in [6.07, 6.45) is 1.97. The van der Waals surface area contributed by atoms with Crippen molar-refractivity contribution in [3.63, 3.8) is 0 Å². The van der Waals surface area contributed by atoms with Crippen LogP contribution in [0, 0.1) is 12.7 Å². The zero-order valence-corrected chi connectivity index (χ0v) is 16.9. The smallest absolute Gasteiger partial charge is 0.181 e. The minimum atomic E-state index is -0.253. The molecule has 7 heteroatoms. The first-order valence-corrected chi connectivity index (χ1v) is 10.1. The van der Waals surface area contributed by atoms with E-state index in [1.54, 1.807) is 12.1 Å². The van der Waals surface area contributed by atoms with Gasteiger partial charge in [0.05, 0.1) is 25.8 Å². The molecule has 0 fully saturated rings. The van der Waals surface area contributed by atoms with Crippen molar-refractivity contribution in [2.45, 2.75) is 33.1 Å². The van der Waals surface area contributed by atoms with Gasteiger partial charge in [-0.2, -0.15) is 10.2 Å². The predicted octanol–water partition coefficient (Wildman–Crippen LogP) is 3.65. The molecule has 30 heavy (non-hydrogen) atoms. The van der Waals surface area contributed by atoms with Crippen molar-refractivity contribution in [3.05, 3.63) is 89.3 Å². The Morgan fingerprint density at radius 2 is 1.77 bits per heavy atom. The number of fused-ring (bicyclic) bond motifs is 1. The molecule has 0 spiro atoms. The molecule has 0 saturated carbocycles. The molecule has 2 aromatic carbocycles. The van der Waals surface area contributed by atoms with Gasteiger partial charge < -0.3 is 0 Å². The number of halogens is 1. The summed E-state index contributed by atoms with van der Waals surface area (Å²) >= 11 is 0. The third kappa shape index (κ3) is 3.76. The van der Waals surface area contributed by atoms with Gasteiger partial charge in [-0.3, -0.25) is 9.58 Å². The first kappa shape index (κ1) is 18.7. The normalized spacial score (nSPS) is 14.1. The summed E-state index contributed by atoms with van der Waals surface area (Å²) in [5.74, 6) is 1.34. The molecule has 3 heterocycles. The van der Waals surface area contributed by atoms with E-state index in [2.05, 4.69) is 51.0 Å². The lowest BCUT2D eigenvalue weighted by atomic mass is 10.2. The van der Waals surface area contributed by atoms with Crippen molar-refractivity contribution in [1.82, 2.24) is 29.4 Å². The summed E-state index contributed by atoms with van der Waals surface area (Å²) in [7, 11) is 0. The van der Waals surface area contributed by atoms with Crippen LogP contribution < -0.4 is 0 Å². The maximum Gasteiger partial charge on any atom is 0.181 e. The van der Waals surface area contributed by atoms with Gasteiger partial charge in [0.15, 0.2) is 5.82 Å². The highest BCUT2D eigenvalue weighted by Crippen LogP contribution is 2.21. The Morgan fingerprint density at radius 3 is 2.57 bits per heavy atom. The van der Waals surface area contributed by atoms with Crippen LogP contribution in [-0.2, 0) is 26.2 Å². The van der Waals surface area contributed by atoms with E-state index in [-0.39, 0.29) is 5.82 Å². The van der Waals surface area contributed by atoms with Crippen molar-refractivity contribution in [1.29, 1.82) is 0 Å². The highest BCUT2D eigenvalue weighted by atomic mass is 19.1. The molecular formula is C23H23FN6. The monoisotopic (exact) mass is 402 g/mol. The largest absolute Gasteiger partial charge is 0.290 e. The Morgan fingerprint density at radius 1 is 0.967 bits per heavy atom. The highest BCUT2D eigenvalue weighted by Gasteiger charge is 2.21. The number of benzene rings is 2. The summed E-state index contributed by atoms with van der Waals surface area (Å²) in [4.78, 5) is 7.06. The standard InChI is InChI=1S/C23H23FN6/c1-17-20(13-25-30(17)14-18-5-3-2-4-6-18)15-28-11-12-29-22(16-28)26-23(27-29)19-7-9-21(24)10-8-19/h2-10,13H,11-12,14-16H2,1H3. The molecule has 6 nitrogen and oxygen atoms in total. The summed E-state index contributed by atoms with van der Waals surface area (Å²) in [6.45, 7) is 6.17. The number of rotatable bonds is 5. The van der Waals surface area contributed by atoms with E-state index >= 15 is 0 Å². The second-order valence-electron chi connectivity index (χ2n) is 7.69. The van der Waals surface area contributed by atoms with Gasteiger partial charge in [-0.15, -0.1) is 0 Å². The Balaban J connectivity index is 1.28. The summed E-state index contributed by atoms with van der Waals surface area (Å²) < 4.78 is 17.2. The van der Waals surface area contributed by atoms with Crippen molar-refractivity contribution in [3.8, 4) is 11.4 Å². The minimum absolute atomic E-state index is 0.253. The fourth-order valence-electron chi connectivity index (χ4n) is 3.84. The van der Waals surface area contributed by atoms with Crippen LogP contribution in [0.1, 0.15) is 22.6 Å². The van der Waals surface area contributed by atoms with Crippen LogP contribution in [-0.4, -0.2) is 36.0 Å². The van der Waals surface area contributed by atoms with Crippen LogP contribution in [0.4, 0.5) is 4.39 Å². The predicted molar refractivity (Wildman–Crippen MR) is 112 cm³/mol. The fraction of sp³-hybridized carbons (Fsp3) is 0.261. The first-order chi connectivity index (χ1) is 14.7. The zero-order chi connectivity index (χ0) is 20.5. The van der Waals surface area contributed by atoms with Crippen LogP contribution in [0.3, 0.4) is 0 Å². The molecule has 0 bridgehead atoms. The van der Waals surface area contributed by atoms with Gasteiger partial charge >= 0.3 is 0 Å². The second-order valence-corrected chi connectivity index (χ2v) is 7.69. The zero-order valence-electron chi connectivity index (χ0n) is 16.9. The van der Waals surface area contributed by atoms with E-state index in [1.807, 2.05) is 16.9 Å². The topological polar surface area (TPSA) is 51.8 Å². The van der Waals surface area contributed by atoms with Gasteiger partial charge in [0.1, 0.15) is 11.6 Å². The maximum absolute atomic E-state index is 13.2. The molecule has 0 radical (unpaired) electrons. The average Bonchev–Trinajstić information content (AvgIpc) is 3.33. The third-order valence-corrected chi connectivity index (χ3v) is 5.62. The van der Waals surface area contributed by atoms with Crippen LogP contribution in [0.25, 0.3) is 11.4 Å². The molecule has 1 aliphatic heterocycles. The van der Waals surface area contributed by atoms with Gasteiger partial charge in [0.2, 0.25) is 0 Å². The molecule has 4 aromatic rings. The molecule has 0 atom stereocenters. The van der Waals surface area contributed by atoms with E-state index < -0.39 is 0 Å². The number of aromatic nitrogens is 5. The Labute approximate surface area is 174 Å². The first-order valence-electron chi connectivity index (χ1n) is 10.1.